The quantitative estimate of drug-likeness (QED) is 0.832. The number of rotatable bonds is 6. The van der Waals surface area contributed by atoms with Gasteiger partial charge in [0.25, 0.3) is 5.91 Å². The van der Waals surface area contributed by atoms with E-state index < -0.39 is 24.0 Å². The van der Waals surface area contributed by atoms with E-state index in [-0.39, 0.29) is 6.61 Å². The number of nitrogens with one attached hydrogen (secondary N) is 1. The molecule has 114 valence electrons. The van der Waals surface area contributed by atoms with Crippen LogP contribution in [0.1, 0.15) is 26.2 Å². The number of hydrogen-bond donors (Lipinski definition) is 2. The lowest BCUT2D eigenvalue weighted by Crippen LogP contribution is -2.50. The largest absolute Gasteiger partial charge is 0.485 e. The number of carboxylic acid groups (broad SMARTS) is 1. The maximum atomic E-state index is 12.1. The highest BCUT2D eigenvalue weighted by Crippen LogP contribution is 2.30. The fraction of sp³-hybridized carbons (Fsp3) is 0.467. The molecule has 1 heterocycles. The molecule has 0 radical (unpaired) electrons. The lowest BCUT2D eigenvalue weighted by molar-refractivity contribution is -0.143. The van der Waals surface area contributed by atoms with Crippen molar-refractivity contribution in [2.24, 2.45) is 0 Å². The zero-order chi connectivity index (χ0) is 15.2. The normalized spacial score (nSPS) is 17.9. The summed E-state index contributed by atoms with van der Waals surface area (Å²) in [6.45, 7) is 2.04. The molecule has 1 aromatic carbocycles. The minimum absolute atomic E-state index is 0.0724. The zero-order valence-corrected chi connectivity index (χ0v) is 11.9. The number of carboxylic acids is 1. The Bertz CT molecular complexity index is 517. The summed E-state index contributed by atoms with van der Waals surface area (Å²) >= 11 is 0. The van der Waals surface area contributed by atoms with Crippen LogP contribution in [0.5, 0.6) is 11.5 Å². The van der Waals surface area contributed by atoms with E-state index in [2.05, 4.69) is 5.32 Å². The number of amides is 1. The molecule has 0 aliphatic carbocycles. The van der Waals surface area contributed by atoms with E-state index in [9.17, 15) is 9.59 Å². The molecule has 0 aromatic heterocycles. The topological polar surface area (TPSA) is 84.9 Å². The van der Waals surface area contributed by atoms with Crippen LogP contribution in [0.25, 0.3) is 0 Å². The van der Waals surface area contributed by atoms with Gasteiger partial charge in [-0.15, -0.1) is 0 Å². The summed E-state index contributed by atoms with van der Waals surface area (Å²) < 4.78 is 11.0. The van der Waals surface area contributed by atoms with Gasteiger partial charge in [0, 0.05) is 0 Å². The molecule has 1 aliphatic heterocycles. The van der Waals surface area contributed by atoms with Crippen LogP contribution in [0.15, 0.2) is 24.3 Å². The fourth-order valence-electron chi connectivity index (χ4n) is 2.08. The predicted octanol–water partition coefficient (Wildman–Crippen LogP) is 1.59. The molecular weight excluding hydrogens is 274 g/mol. The number of unbranched alkanes of at least 4 members (excludes halogenated alkanes) is 1. The number of para-hydroxylation sites is 2. The van der Waals surface area contributed by atoms with E-state index in [1.54, 1.807) is 18.2 Å². The lowest BCUT2D eigenvalue weighted by atomic mass is 10.1. The maximum Gasteiger partial charge on any atom is 0.326 e. The van der Waals surface area contributed by atoms with Crippen molar-refractivity contribution in [3.63, 3.8) is 0 Å². The Morgan fingerprint density at radius 1 is 1.38 bits per heavy atom. The molecule has 1 amide bonds. The van der Waals surface area contributed by atoms with Gasteiger partial charge in [-0.25, -0.2) is 4.79 Å². The average molecular weight is 293 g/mol. The van der Waals surface area contributed by atoms with Gasteiger partial charge in [0.05, 0.1) is 0 Å². The molecule has 0 saturated heterocycles. The van der Waals surface area contributed by atoms with Crippen molar-refractivity contribution in [1.29, 1.82) is 0 Å². The molecule has 2 N–H and O–H groups in total. The van der Waals surface area contributed by atoms with Crippen molar-refractivity contribution in [3.05, 3.63) is 24.3 Å². The molecule has 0 fully saturated rings. The van der Waals surface area contributed by atoms with Crippen molar-refractivity contribution < 1.29 is 24.2 Å². The van der Waals surface area contributed by atoms with Crippen LogP contribution < -0.4 is 14.8 Å². The summed E-state index contributed by atoms with van der Waals surface area (Å²) in [5, 5.41) is 11.6. The van der Waals surface area contributed by atoms with Crippen LogP contribution in [0.4, 0.5) is 0 Å². The Kier molecular flexibility index (Phi) is 5.03. The predicted molar refractivity (Wildman–Crippen MR) is 75.4 cm³/mol. The number of ether oxygens (including phenoxy) is 2. The SMILES string of the molecule is CCCCC(NC(=O)C1COc2ccccc2O1)C(=O)O. The van der Waals surface area contributed by atoms with E-state index in [1.807, 2.05) is 13.0 Å². The van der Waals surface area contributed by atoms with Gasteiger partial charge in [0.2, 0.25) is 6.10 Å². The van der Waals surface area contributed by atoms with Crippen LogP contribution in [0.3, 0.4) is 0 Å². The van der Waals surface area contributed by atoms with Gasteiger partial charge in [-0.05, 0) is 18.6 Å². The molecule has 1 aromatic rings. The first-order valence-corrected chi connectivity index (χ1v) is 7.03. The third-order valence-corrected chi connectivity index (χ3v) is 3.26. The lowest BCUT2D eigenvalue weighted by Gasteiger charge is -2.26. The summed E-state index contributed by atoms with van der Waals surface area (Å²) in [5.41, 5.74) is 0. The van der Waals surface area contributed by atoms with Crippen molar-refractivity contribution in [2.75, 3.05) is 6.61 Å². The maximum absolute atomic E-state index is 12.1. The Morgan fingerprint density at radius 3 is 2.76 bits per heavy atom. The first-order chi connectivity index (χ1) is 10.1. The highest BCUT2D eigenvalue weighted by atomic mass is 16.6. The molecule has 6 nitrogen and oxygen atoms in total. The molecule has 2 unspecified atom stereocenters. The van der Waals surface area contributed by atoms with Crippen LogP contribution in [-0.2, 0) is 9.59 Å². The Hall–Kier alpha value is -2.24. The average Bonchev–Trinajstić information content (AvgIpc) is 2.50. The highest BCUT2D eigenvalue weighted by Gasteiger charge is 2.30. The molecule has 0 spiro atoms. The number of benzene rings is 1. The number of carbonyl (C=O) groups is 2. The number of hydrogen-bond acceptors (Lipinski definition) is 4. The molecule has 2 atom stereocenters. The molecule has 1 aliphatic rings. The highest BCUT2D eigenvalue weighted by molar-refractivity contribution is 5.86. The van der Waals surface area contributed by atoms with Crippen molar-refractivity contribution in [3.8, 4) is 11.5 Å². The third-order valence-electron chi connectivity index (χ3n) is 3.26. The summed E-state index contributed by atoms with van der Waals surface area (Å²) in [7, 11) is 0. The number of fused-ring (bicyclic) bond motifs is 1. The van der Waals surface area contributed by atoms with Gasteiger partial charge in [-0.1, -0.05) is 31.9 Å². The van der Waals surface area contributed by atoms with Gasteiger partial charge in [0.15, 0.2) is 11.5 Å². The second-order valence-electron chi connectivity index (χ2n) is 4.91. The van der Waals surface area contributed by atoms with E-state index in [4.69, 9.17) is 14.6 Å². The Morgan fingerprint density at radius 2 is 2.10 bits per heavy atom. The summed E-state index contributed by atoms with van der Waals surface area (Å²) in [6, 6.07) is 6.17. The first-order valence-electron chi connectivity index (χ1n) is 7.03. The summed E-state index contributed by atoms with van der Waals surface area (Å²) in [6.07, 6.45) is 1.18. The molecule has 6 heteroatoms. The minimum atomic E-state index is -1.03. The van der Waals surface area contributed by atoms with Gasteiger partial charge in [-0.2, -0.15) is 0 Å². The van der Waals surface area contributed by atoms with E-state index in [0.29, 0.717) is 17.9 Å². The minimum Gasteiger partial charge on any atom is -0.485 e. The molecule has 21 heavy (non-hydrogen) atoms. The molecule has 2 rings (SSSR count). The second-order valence-corrected chi connectivity index (χ2v) is 4.91. The van der Waals surface area contributed by atoms with E-state index in [0.717, 1.165) is 12.8 Å². The second kappa shape index (κ2) is 6.97. The third kappa shape index (κ3) is 3.87. The van der Waals surface area contributed by atoms with Gasteiger partial charge in [-0.3, -0.25) is 4.79 Å². The zero-order valence-electron chi connectivity index (χ0n) is 11.9. The molecular formula is C15H19NO5. The Balaban J connectivity index is 1.96. The monoisotopic (exact) mass is 293 g/mol. The number of carbonyl (C=O) groups excluding carboxylic acids is 1. The summed E-state index contributed by atoms with van der Waals surface area (Å²) in [4.78, 5) is 23.2. The Labute approximate surface area is 123 Å². The van der Waals surface area contributed by atoms with Gasteiger partial charge in [0.1, 0.15) is 12.6 Å². The molecule has 0 saturated carbocycles. The van der Waals surface area contributed by atoms with E-state index >= 15 is 0 Å². The van der Waals surface area contributed by atoms with Crippen molar-refractivity contribution >= 4 is 11.9 Å². The van der Waals surface area contributed by atoms with Gasteiger partial charge < -0.3 is 19.9 Å². The van der Waals surface area contributed by atoms with Crippen LogP contribution in [-0.4, -0.2) is 35.7 Å². The van der Waals surface area contributed by atoms with Crippen LogP contribution >= 0.6 is 0 Å². The fourth-order valence-corrected chi connectivity index (χ4v) is 2.08. The standard InChI is InChI=1S/C15H19NO5/c1-2-3-6-10(15(18)19)16-14(17)13-9-20-11-7-4-5-8-12(11)21-13/h4-5,7-8,10,13H,2-3,6,9H2,1H3,(H,16,17)(H,18,19). The first kappa shape index (κ1) is 15.2. The van der Waals surface area contributed by atoms with Gasteiger partial charge >= 0.3 is 5.97 Å². The smallest absolute Gasteiger partial charge is 0.326 e. The summed E-state index contributed by atoms with van der Waals surface area (Å²) in [5.74, 6) is -0.423. The van der Waals surface area contributed by atoms with Crippen LogP contribution in [0, 0.1) is 0 Å². The van der Waals surface area contributed by atoms with E-state index in [1.165, 1.54) is 0 Å². The number of aliphatic carboxylic acids is 1. The van der Waals surface area contributed by atoms with Crippen LogP contribution in [0.2, 0.25) is 0 Å². The van der Waals surface area contributed by atoms with Crippen molar-refractivity contribution in [1.82, 2.24) is 5.32 Å². The molecule has 0 bridgehead atoms. The van der Waals surface area contributed by atoms with Crippen molar-refractivity contribution in [2.45, 2.75) is 38.3 Å².